The molecule has 0 saturated heterocycles. The van der Waals surface area contributed by atoms with Gasteiger partial charge in [-0.25, -0.2) is 13.8 Å². The second-order valence-electron chi connectivity index (χ2n) is 7.87. The van der Waals surface area contributed by atoms with Crippen molar-refractivity contribution < 1.29 is 23.0 Å². The van der Waals surface area contributed by atoms with Gasteiger partial charge < -0.3 is 10.2 Å². The molecule has 3 aromatic rings. The summed E-state index contributed by atoms with van der Waals surface area (Å²) in [6.45, 7) is 0. The zero-order valence-electron chi connectivity index (χ0n) is 17.0. The van der Waals surface area contributed by atoms with Crippen LogP contribution in [0, 0.1) is 11.6 Å². The number of hydrogen-bond donors (Lipinski definition) is 2. The molecule has 3 unspecified atom stereocenters. The van der Waals surface area contributed by atoms with Gasteiger partial charge in [0.15, 0.2) is 17.9 Å². The van der Waals surface area contributed by atoms with Gasteiger partial charge in [0.1, 0.15) is 23.7 Å². The molecule has 8 heteroatoms. The van der Waals surface area contributed by atoms with Gasteiger partial charge in [-0.05, 0) is 29.8 Å². The van der Waals surface area contributed by atoms with E-state index < -0.39 is 23.9 Å². The van der Waals surface area contributed by atoms with E-state index in [4.69, 9.17) is 10.2 Å². The number of nitrogen functional groups attached to an aromatic ring is 1. The number of aliphatic imine (C=N–C) groups is 1. The van der Waals surface area contributed by atoms with Gasteiger partial charge in [0, 0.05) is 18.4 Å². The normalized spacial score (nSPS) is 22.2. The lowest BCUT2D eigenvalue weighted by atomic mass is 9.98. The fourth-order valence-electron chi connectivity index (χ4n) is 4.26. The zero-order valence-corrected chi connectivity index (χ0v) is 17.0. The Balaban J connectivity index is 1.54. The second kappa shape index (κ2) is 8.03. The van der Waals surface area contributed by atoms with E-state index >= 15 is 0 Å². The van der Waals surface area contributed by atoms with Gasteiger partial charge in [0.2, 0.25) is 6.04 Å². The number of fused-ring (bicyclic) bond motifs is 1. The molecular formula is C24H21F2N4O2+. The van der Waals surface area contributed by atoms with Crippen LogP contribution in [0.25, 0.3) is 0 Å². The predicted octanol–water partition coefficient (Wildman–Crippen LogP) is 1.81. The molecule has 1 amide bonds. The van der Waals surface area contributed by atoms with E-state index in [-0.39, 0.29) is 35.8 Å². The molecule has 1 aromatic heterocycles. The second-order valence-corrected chi connectivity index (χ2v) is 7.87. The first-order valence-corrected chi connectivity index (χ1v) is 10.3. The molecule has 0 radical (unpaired) electrons. The van der Waals surface area contributed by atoms with Crippen LogP contribution in [0.1, 0.15) is 22.9 Å². The Labute approximate surface area is 183 Å². The minimum Gasteiger partial charge on any atom is -0.469 e. The van der Waals surface area contributed by atoms with Crippen LogP contribution in [0.3, 0.4) is 0 Å². The molecule has 0 aliphatic carbocycles. The summed E-state index contributed by atoms with van der Waals surface area (Å²) in [6.07, 6.45) is 3.75. The summed E-state index contributed by atoms with van der Waals surface area (Å²) in [7, 11) is 0. The topological polar surface area (TPSA) is 85.8 Å². The van der Waals surface area contributed by atoms with Crippen LogP contribution in [0.4, 0.5) is 14.5 Å². The minimum atomic E-state index is -0.733. The van der Waals surface area contributed by atoms with Gasteiger partial charge in [-0.2, -0.15) is 0 Å². The fraction of sp³-hybridized carbons (Fsp3) is 0.208. The molecule has 2 aliphatic rings. The Bertz CT molecular complexity index is 1220. The van der Waals surface area contributed by atoms with Crippen LogP contribution in [-0.2, 0) is 17.6 Å². The van der Waals surface area contributed by atoms with Gasteiger partial charge in [-0.15, -0.1) is 0 Å². The molecule has 0 bridgehead atoms. The van der Waals surface area contributed by atoms with Gasteiger partial charge >= 0.3 is 0 Å². The largest absolute Gasteiger partial charge is 0.469 e. The predicted molar refractivity (Wildman–Crippen MR) is 115 cm³/mol. The molecule has 0 fully saturated rings. The number of hydrogen-bond acceptors (Lipinski definition) is 4. The Kier molecular flexibility index (Phi) is 5.05. The van der Waals surface area contributed by atoms with Crippen molar-refractivity contribution in [1.82, 2.24) is 4.90 Å². The zero-order chi connectivity index (χ0) is 22.2. The maximum absolute atomic E-state index is 14.9. The van der Waals surface area contributed by atoms with Gasteiger partial charge in [-0.1, -0.05) is 30.3 Å². The van der Waals surface area contributed by atoms with Gasteiger partial charge in [0.05, 0.1) is 12.0 Å². The van der Waals surface area contributed by atoms with E-state index in [1.165, 1.54) is 23.3 Å². The minimum absolute atomic E-state index is 0.00153. The lowest BCUT2D eigenvalue weighted by Crippen LogP contribution is -2.85. The maximum atomic E-state index is 14.9. The summed E-state index contributed by atoms with van der Waals surface area (Å²) in [5.74, 6) is -0.0999. The van der Waals surface area contributed by atoms with E-state index in [0.717, 1.165) is 0 Å². The Hall–Kier alpha value is -3.81. The molecule has 0 spiro atoms. The summed E-state index contributed by atoms with van der Waals surface area (Å²) >= 11 is 0. The molecule has 32 heavy (non-hydrogen) atoms. The van der Waals surface area contributed by atoms with Crippen LogP contribution in [0.5, 0.6) is 0 Å². The first-order chi connectivity index (χ1) is 15.5. The molecule has 2 aromatic carbocycles. The SMILES string of the molecule is Nc1cccc(C2C=[NH+]C(Cc3ccccc3F)C3=NC(Cc4ccco4)C(=O)N32)c1F. The third-order valence-corrected chi connectivity index (χ3v) is 5.84. The van der Waals surface area contributed by atoms with Crippen molar-refractivity contribution in [3.8, 4) is 0 Å². The van der Waals surface area contributed by atoms with E-state index in [0.29, 0.717) is 17.2 Å². The Morgan fingerprint density at radius 1 is 1.06 bits per heavy atom. The Morgan fingerprint density at radius 2 is 1.91 bits per heavy atom. The van der Waals surface area contributed by atoms with E-state index in [1.54, 1.807) is 48.7 Å². The van der Waals surface area contributed by atoms with Gasteiger partial charge in [0.25, 0.3) is 5.91 Å². The summed E-state index contributed by atoms with van der Waals surface area (Å²) in [5, 5.41) is 0. The number of anilines is 1. The molecule has 3 atom stereocenters. The van der Waals surface area contributed by atoms with Crippen molar-refractivity contribution in [2.24, 2.45) is 4.99 Å². The van der Waals surface area contributed by atoms with Crippen molar-refractivity contribution in [1.29, 1.82) is 0 Å². The van der Waals surface area contributed by atoms with Crippen LogP contribution in [0.2, 0.25) is 0 Å². The number of carbonyl (C=O) groups is 1. The van der Waals surface area contributed by atoms with Crippen LogP contribution in [-0.4, -0.2) is 34.9 Å². The van der Waals surface area contributed by atoms with E-state index in [2.05, 4.69) is 9.98 Å². The summed E-state index contributed by atoms with van der Waals surface area (Å²) in [4.78, 5) is 22.8. The summed E-state index contributed by atoms with van der Waals surface area (Å²) in [5.41, 5.74) is 6.53. The van der Waals surface area contributed by atoms with Crippen molar-refractivity contribution in [2.75, 3.05) is 5.73 Å². The fourth-order valence-corrected chi connectivity index (χ4v) is 4.26. The number of carbonyl (C=O) groups excluding carboxylic acids is 1. The highest BCUT2D eigenvalue weighted by atomic mass is 19.1. The van der Waals surface area contributed by atoms with E-state index in [1.807, 2.05) is 0 Å². The number of rotatable bonds is 5. The molecule has 6 nitrogen and oxygen atoms in total. The number of nitrogens with zero attached hydrogens (tertiary/aromatic N) is 2. The highest BCUT2D eigenvalue weighted by Gasteiger charge is 2.48. The lowest BCUT2D eigenvalue weighted by Gasteiger charge is -2.30. The first-order valence-electron chi connectivity index (χ1n) is 10.3. The van der Waals surface area contributed by atoms with Gasteiger partial charge in [-0.3, -0.25) is 14.7 Å². The standard InChI is InChI=1S/C24H20F2N4O2/c25-17-8-2-1-5-14(17)11-19-23-29-20(12-15-6-4-10-32-15)24(31)30(23)21(13-28-19)16-7-3-9-18(27)22(16)26/h1-10,13,19-21H,11-12,27H2/p+1. The number of nitrogens with two attached hydrogens (primary N) is 1. The number of benzene rings is 2. The summed E-state index contributed by atoms with van der Waals surface area (Å²) < 4.78 is 34.5. The average molecular weight is 435 g/mol. The molecule has 2 aliphatic heterocycles. The molecule has 162 valence electrons. The monoisotopic (exact) mass is 435 g/mol. The van der Waals surface area contributed by atoms with Crippen LogP contribution < -0.4 is 10.7 Å². The number of halogens is 2. The molecule has 3 heterocycles. The average Bonchev–Trinajstić information content (AvgIpc) is 3.41. The molecule has 0 saturated carbocycles. The van der Waals surface area contributed by atoms with Crippen molar-refractivity contribution >= 4 is 23.6 Å². The third-order valence-electron chi connectivity index (χ3n) is 5.84. The van der Waals surface area contributed by atoms with Crippen molar-refractivity contribution in [3.05, 3.63) is 89.4 Å². The highest BCUT2D eigenvalue weighted by Crippen LogP contribution is 2.31. The van der Waals surface area contributed by atoms with Crippen LogP contribution >= 0.6 is 0 Å². The number of amides is 1. The third kappa shape index (κ3) is 3.47. The van der Waals surface area contributed by atoms with Crippen LogP contribution in [0.15, 0.2) is 70.3 Å². The number of furan rings is 1. The van der Waals surface area contributed by atoms with Crippen molar-refractivity contribution in [3.63, 3.8) is 0 Å². The number of amidine groups is 1. The smallest absolute Gasteiger partial charge is 0.254 e. The Morgan fingerprint density at radius 3 is 2.69 bits per heavy atom. The number of nitrogens with one attached hydrogen (secondary N) is 1. The lowest BCUT2D eigenvalue weighted by molar-refractivity contribution is -0.483. The quantitative estimate of drug-likeness (QED) is 0.600. The maximum Gasteiger partial charge on any atom is 0.254 e. The first kappa shape index (κ1) is 20.1. The highest BCUT2D eigenvalue weighted by molar-refractivity contribution is 6.10. The molecule has 3 N–H and O–H groups in total. The molecular weight excluding hydrogens is 414 g/mol. The molecule has 5 rings (SSSR count). The summed E-state index contributed by atoms with van der Waals surface area (Å²) in [6, 6.07) is 12.8. The van der Waals surface area contributed by atoms with Crippen molar-refractivity contribution in [2.45, 2.75) is 31.0 Å². The van der Waals surface area contributed by atoms with E-state index in [9.17, 15) is 13.6 Å².